The fourth-order valence-corrected chi connectivity index (χ4v) is 1.71. The van der Waals surface area contributed by atoms with Crippen LogP contribution in [0.4, 0.5) is 0 Å². The summed E-state index contributed by atoms with van der Waals surface area (Å²) >= 11 is 2.42. The predicted molar refractivity (Wildman–Crippen MR) is 64.9 cm³/mol. The molecule has 0 radical (unpaired) electrons. The molecule has 1 aromatic rings. The zero-order chi connectivity index (χ0) is 9.68. The molecule has 1 aromatic carbocycles. The van der Waals surface area contributed by atoms with Crippen LogP contribution in [0.5, 0.6) is 5.75 Å². The smallest absolute Gasteiger partial charge is 0.119 e. The molecule has 0 unspecified atom stereocenters. The summed E-state index contributed by atoms with van der Waals surface area (Å²) in [6.07, 6.45) is 2.44. The van der Waals surface area contributed by atoms with Gasteiger partial charge >= 0.3 is 0 Å². The van der Waals surface area contributed by atoms with Crippen LogP contribution in [0.2, 0.25) is 0 Å². The molecule has 0 aliphatic rings. The molecule has 2 heteroatoms. The van der Waals surface area contributed by atoms with Gasteiger partial charge in [-0.3, -0.25) is 0 Å². The molecule has 0 aliphatic carbocycles. The summed E-state index contributed by atoms with van der Waals surface area (Å²) in [5.74, 6) is 0.954. The zero-order valence-electron chi connectivity index (χ0n) is 8.14. The third-order valence-electron chi connectivity index (χ3n) is 2.13. The Bertz CT molecular complexity index is 271. The van der Waals surface area contributed by atoms with Gasteiger partial charge in [0, 0.05) is 0 Å². The molecule has 0 bridgehead atoms. The molecule has 0 spiro atoms. The Labute approximate surface area is 93.6 Å². The Morgan fingerprint density at radius 2 is 2.15 bits per heavy atom. The van der Waals surface area contributed by atoms with Crippen LogP contribution in [0.25, 0.3) is 0 Å². The monoisotopic (exact) mass is 290 g/mol. The average Bonchev–Trinajstić information content (AvgIpc) is 2.16. The zero-order valence-corrected chi connectivity index (χ0v) is 10.3. The number of benzene rings is 1. The van der Waals surface area contributed by atoms with Gasteiger partial charge in [-0.1, -0.05) is 28.7 Å². The molecule has 0 amide bonds. The van der Waals surface area contributed by atoms with Crippen molar-refractivity contribution in [3.8, 4) is 5.75 Å². The Balaban J connectivity index is 2.73. The van der Waals surface area contributed by atoms with E-state index in [4.69, 9.17) is 4.74 Å². The molecule has 1 nitrogen and oxygen atoms in total. The van der Waals surface area contributed by atoms with E-state index in [1.165, 1.54) is 28.4 Å². The van der Waals surface area contributed by atoms with E-state index >= 15 is 0 Å². The second-order valence-electron chi connectivity index (χ2n) is 3.08. The highest BCUT2D eigenvalue weighted by Gasteiger charge is 1.99. The summed E-state index contributed by atoms with van der Waals surface area (Å²) in [7, 11) is 1.71. The Hall–Kier alpha value is -0.250. The van der Waals surface area contributed by atoms with Crippen LogP contribution in [0, 0.1) is 6.92 Å². The first-order valence-corrected chi connectivity index (χ1v) is 6.00. The third kappa shape index (κ3) is 3.18. The number of hydrogen-bond acceptors (Lipinski definition) is 1. The van der Waals surface area contributed by atoms with Gasteiger partial charge in [0.05, 0.1) is 7.11 Å². The highest BCUT2D eigenvalue weighted by atomic mass is 127. The van der Waals surface area contributed by atoms with Crippen molar-refractivity contribution in [3.63, 3.8) is 0 Å². The van der Waals surface area contributed by atoms with Crippen molar-refractivity contribution in [1.29, 1.82) is 0 Å². The van der Waals surface area contributed by atoms with E-state index in [-0.39, 0.29) is 0 Å². The molecule has 0 aliphatic heterocycles. The van der Waals surface area contributed by atoms with Crippen LogP contribution >= 0.6 is 22.6 Å². The number of aryl methyl sites for hydroxylation is 2. The normalized spacial score (nSPS) is 10.1. The maximum Gasteiger partial charge on any atom is 0.119 e. The lowest BCUT2D eigenvalue weighted by Gasteiger charge is -2.06. The number of alkyl halides is 1. The molecule has 0 saturated heterocycles. The van der Waals surface area contributed by atoms with E-state index < -0.39 is 0 Å². The van der Waals surface area contributed by atoms with Crippen molar-refractivity contribution in [2.24, 2.45) is 0 Å². The minimum atomic E-state index is 0.954. The van der Waals surface area contributed by atoms with Gasteiger partial charge in [-0.2, -0.15) is 0 Å². The summed E-state index contributed by atoms with van der Waals surface area (Å²) in [6, 6.07) is 6.30. The second-order valence-corrected chi connectivity index (χ2v) is 4.16. The quantitative estimate of drug-likeness (QED) is 0.610. The first-order chi connectivity index (χ1) is 6.27. The van der Waals surface area contributed by atoms with Crippen molar-refractivity contribution in [3.05, 3.63) is 29.3 Å². The number of methoxy groups -OCH3 is 1. The number of hydrogen-bond donors (Lipinski definition) is 0. The molecule has 0 saturated carbocycles. The van der Waals surface area contributed by atoms with Gasteiger partial charge in [-0.25, -0.2) is 0 Å². The predicted octanol–water partition coefficient (Wildman–Crippen LogP) is 3.37. The fourth-order valence-electron chi connectivity index (χ4n) is 1.33. The van der Waals surface area contributed by atoms with Crippen molar-refractivity contribution in [2.45, 2.75) is 19.8 Å². The minimum absolute atomic E-state index is 0.954. The summed E-state index contributed by atoms with van der Waals surface area (Å²) in [4.78, 5) is 0. The van der Waals surface area contributed by atoms with E-state index in [2.05, 4.69) is 41.6 Å². The Morgan fingerprint density at radius 1 is 1.38 bits per heavy atom. The Morgan fingerprint density at radius 3 is 2.69 bits per heavy atom. The molecule has 0 N–H and O–H groups in total. The number of rotatable bonds is 4. The lowest BCUT2D eigenvalue weighted by Crippen LogP contribution is -1.91. The third-order valence-corrected chi connectivity index (χ3v) is 2.89. The van der Waals surface area contributed by atoms with Crippen LogP contribution < -0.4 is 4.74 Å². The van der Waals surface area contributed by atoms with E-state index in [1.54, 1.807) is 7.11 Å². The fraction of sp³-hybridized carbons (Fsp3) is 0.455. The highest BCUT2D eigenvalue weighted by Crippen LogP contribution is 2.18. The molecule has 72 valence electrons. The van der Waals surface area contributed by atoms with E-state index in [1.807, 2.05) is 6.07 Å². The molecule has 0 aromatic heterocycles. The van der Waals surface area contributed by atoms with Gasteiger partial charge in [0.2, 0.25) is 0 Å². The molecule has 1 rings (SSSR count). The van der Waals surface area contributed by atoms with Gasteiger partial charge in [-0.15, -0.1) is 0 Å². The van der Waals surface area contributed by atoms with E-state index in [9.17, 15) is 0 Å². The molecule has 13 heavy (non-hydrogen) atoms. The van der Waals surface area contributed by atoms with Crippen LogP contribution in [-0.2, 0) is 6.42 Å². The topological polar surface area (TPSA) is 9.23 Å². The summed E-state index contributed by atoms with van der Waals surface area (Å²) in [6.45, 7) is 2.14. The lowest BCUT2D eigenvalue weighted by atomic mass is 10.0. The van der Waals surface area contributed by atoms with Gasteiger partial charge in [0.25, 0.3) is 0 Å². The van der Waals surface area contributed by atoms with Crippen molar-refractivity contribution in [2.75, 3.05) is 11.5 Å². The highest BCUT2D eigenvalue weighted by molar-refractivity contribution is 14.1. The molecule has 0 heterocycles. The van der Waals surface area contributed by atoms with E-state index in [0.29, 0.717) is 0 Å². The first kappa shape index (κ1) is 10.8. The van der Waals surface area contributed by atoms with Crippen LogP contribution in [0.1, 0.15) is 17.5 Å². The number of ether oxygens (including phenoxy) is 1. The lowest BCUT2D eigenvalue weighted by molar-refractivity contribution is 0.414. The summed E-state index contributed by atoms with van der Waals surface area (Å²) < 4.78 is 6.38. The van der Waals surface area contributed by atoms with Crippen LogP contribution in [0.3, 0.4) is 0 Å². The first-order valence-electron chi connectivity index (χ1n) is 4.47. The molecule has 0 atom stereocenters. The van der Waals surface area contributed by atoms with E-state index in [0.717, 1.165) is 5.75 Å². The molecular weight excluding hydrogens is 275 g/mol. The largest absolute Gasteiger partial charge is 0.497 e. The van der Waals surface area contributed by atoms with Crippen molar-refractivity contribution < 1.29 is 4.74 Å². The second kappa shape index (κ2) is 5.47. The average molecular weight is 290 g/mol. The van der Waals surface area contributed by atoms with Crippen LogP contribution in [0.15, 0.2) is 18.2 Å². The molecule has 0 fully saturated rings. The minimum Gasteiger partial charge on any atom is -0.497 e. The standard InChI is InChI=1S/C11H15IO/c1-9-8-11(13-2)6-5-10(9)4-3-7-12/h5-6,8H,3-4,7H2,1-2H3. The van der Waals surface area contributed by atoms with Crippen molar-refractivity contribution in [1.82, 2.24) is 0 Å². The molecular formula is C11H15IO. The summed E-state index contributed by atoms with van der Waals surface area (Å²) in [5, 5.41) is 0. The van der Waals surface area contributed by atoms with Gasteiger partial charge in [-0.05, 0) is 47.5 Å². The summed E-state index contributed by atoms with van der Waals surface area (Å²) in [5.41, 5.74) is 2.78. The van der Waals surface area contributed by atoms with Crippen LogP contribution in [-0.4, -0.2) is 11.5 Å². The SMILES string of the molecule is COc1ccc(CCCI)c(C)c1. The van der Waals surface area contributed by atoms with Crippen molar-refractivity contribution >= 4 is 22.6 Å². The maximum absolute atomic E-state index is 5.15. The van der Waals surface area contributed by atoms with Gasteiger partial charge in [0.15, 0.2) is 0 Å². The van der Waals surface area contributed by atoms with Gasteiger partial charge < -0.3 is 4.74 Å². The maximum atomic E-state index is 5.15. The van der Waals surface area contributed by atoms with Gasteiger partial charge in [0.1, 0.15) is 5.75 Å². The Kier molecular flexibility index (Phi) is 4.56. The number of halogens is 1.